The molecule has 2 N–H and O–H groups in total. The van der Waals surface area contributed by atoms with Crippen LogP contribution in [0.2, 0.25) is 0 Å². The summed E-state index contributed by atoms with van der Waals surface area (Å²) >= 11 is 0. The second-order valence-electron chi connectivity index (χ2n) is 8.35. The van der Waals surface area contributed by atoms with Crippen molar-refractivity contribution in [3.05, 3.63) is 48.5 Å². The van der Waals surface area contributed by atoms with Gasteiger partial charge in [0.1, 0.15) is 36.9 Å². The third-order valence-electron chi connectivity index (χ3n) is 5.88. The second kappa shape index (κ2) is 14.4. The smallest absolute Gasteiger partial charge is 0.206 e. The third kappa shape index (κ3) is 9.09. The lowest BCUT2D eigenvalue weighted by Crippen LogP contribution is -2.35. The molecule has 35 heavy (non-hydrogen) atoms. The van der Waals surface area contributed by atoms with E-state index in [-0.39, 0.29) is 23.0 Å². The zero-order chi connectivity index (χ0) is 25.8. The van der Waals surface area contributed by atoms with Crippen LogP contribution in [0.25, 0.3) is 0 Å². The SMILES string of the molecule is CCN(CC)CC(O)COc1ccc(S(=O)(=O)c2ccc(OCC(O)CN(CC)CC)cc2)cc1. The Hall–Kier alpha value is -2.17. The molecule has 0 spiro atoms. The van der Waals surface area contributed by atoms with E-state index in [0.29, 0.717) is 24.6 Å². The van der Waals surface area contributed by atoms with Crippen LogP contribution in [-0.4, -0.2) is 93.1 Å². The Kier molecular flexibility index (Phi) is 12.0. The first-order valence-electron chi connectivity index (χ1n) is 12.2. The molecule has 2 rings (SSSR count). The minimum absolute atomic E-state index is 0.133. The van der Waals surface area contributed by atoms with Crippen molar-refractivity contribution >= 4 is 9.84 Å². The first-order valence-corrected chi connectivity index (χ1v) is 13.7. The standard InChI is InChI=1S/C26H40N2O6S/c1-5-27(6-2)17-21(29)19-33-23-9-13-25(14-10-23)35(31,32)26-15-11-24(12-16-26)34-20-22(30)18-28(7-3)8-4/h9-16,21-22,29-30H,5-8,17-20H2,1-4H3. The predicted octanol–water partition coefficient (Wildman–Crippen LogP) is 2.68. The number of hydrogen-bond donors (Lipinski definition) is 2. The van der Waals surface area contributed by atoms with Crippen LogP contribution < -0.4 is 9.47 Å². The summed E-state index contributed by atoms with van der Waals surface area (Å²) in [6, 6.07) is 12.3. The van der Waals surface area contributed by atoms with Gasteiger partial charge in [-0.15, -0.1) is 0 Å². The van der Waals surface area contributed by atoms with E-state index in [1.54, 1.807) is 24.3 Å². The number of rotatable bonds is 16. The second-order valence-corrected chi connectivity index (χ2v) is 10.3. The number of benzene rings is 2. The Labute approximate surface area is 210 Å². The Morgan fingerprint density at radius 3 is 1.26 bits per heavy atom. The number of aliphatic hydroxyl groups is 2. The van der Waals surface area contributed by atoms with Gasteiger partial charge < -0.3 is 29.5 Å². The molecule has 0 amide bonds. The predicted molar refractivity (Wildman–Crippen MR) is 137 cm³/mol. The van der Waals surface area contributed by atoms with Gasteiger partial charge in [-0.05, 0) is 74.7 Å². The molecular weight excluding hydrogens is 468 g/mol. The maximum atomic E-state index is 13.0. The van der Waals surface area contributed by atoms with Crippen LogP contribution in [0.3, 0.4) is 0 Å². The van der Waals surface area contributed by atoms with Crippen molar-refractivity contribution in [3.63, 3.8) is 0 Å². The molecule has 0 aliphatic rings. The van der Waals surface area contributed by atoms with Crippen molar-refractivity contribution in [1.29, 1.82) is 0 Å². The van der Waals surface area contributed by atoms with Gasteiger partial charge in [0.15, 0.2) is 0 Å². The van der Waals surface area contributed by atoms with Crippen molar-refractivity contribution in [2.75, 3.05) is 52.5 Å². The first kappa shape index (κ1) is 29.1. The molecule has 8 nitrogen and oxygen atoms in total. The number of nitrogens with zero attached hydrogens (tertiary/aromatic N) is 2. The van der Waals surface area contributed by atoms with Gasteiger partial charge in [-0.3, -0.25) is 0 Å². The van der Waals surface area contributed by atoms with Crippen molar-refractivity contribution in [1.82, 2.24) is 9.80 Å². The van der Waals surface area contributed by atoms with Gasteiger partial charge in [0.25, 0.3) is 0 Å². The number of ether oxygens (including phenoxy) is 2. The van der Waals surface area contributed by atoms with Crippen molar-refractivity contribution in [2.24, 2.45) is 0 Å². The molecular formula is C26H40N2O6S. The average Bonchev–Trinajstić information content (AvgIpc) is 2.88. The molecule has 0 bridgehead atoms. The highest BCUT2D eigenvalue weighted by molar-refractivity contribution is 7.91. The molecule has 2 aromatic rings. The van der Waals surface area contributed by atoms with E-state index < -0.39 is 22.0 Å². The van der Waals surface area contributed by atoms with Gasteiger partial charge in [-0.2, -0.15) is 0 Å². The zero-order valence-electron chi connectivity index (χ0n) is 21.3. The largest absolute Gasteiger partial charge is 0.491 e. The highest BCUT2D eigenvalue weighted by Crippen LogP contribution is 2.25. The molecule has 0 saturated carbocycles. The zero-order valence-corrected chi connectivity index (χ0v) is 22.1. The summed E-state index contributed by atoms with van der Waals surface area (Å²) in [4.78, 5) is 4.51. The quantitative estimate of drug-likeness (QED) is 0.357. The van der Waals surface area contributed by atoms with Crippen LogP contribution in [0.5, 0.6) is 11.5 Å². The van der Waals surface area contributed by atoms with E-state index >= 15 is 0 Å². The fraction of sp³-hybridized carbons (Fsp3) is 0.538. The Morgan fingerprint density at radius 1 is 0.657 bits per heavy atom. The lowest BCUT2D eigenvalue weighted by molar-refractivity contribution is 0.0715. The van der Waals surface area contributed by atoms with Gasteiger partial charge in [-0.1, -0.05) is 27.7 Å². The first-order chi connectivity index (χ1) is 16.7. The van der Waals surface area contributed by atoms with E-state index in [9.17, 15) is 18.6 Å². The van der Waals surface area contributed by atoms with Crippen LogP contribution in [0.1, 0.15) is 27.7 Å². The normalized spacial score (nSPS) is 13.7. The average molecular weight is 509 g/mol. The van der Waals surface area contributed by atoms with E-state index in [0.717, 1.165) is 26.2 Å². The Morgan fingerprint density at radius 2 is 0.971 bits per heavy atom. The van der Waals surface area contributed by atoms with Gasteiger partial charge in [0.2, 0.25) is 9.84 Å². The number of sulfone groups is 1. The summed E-state index contributed by atoms with van der Waals surface area (Å²) < 4.78 is 37.2. The van der Waals surface area contributed by atoms with Gasteiger partial charge >= 0.3 is 0 Å². The van der Waals surface area contributed by atoms with Crippen LogP contribution in [0.15, 0.2) is 58.3 Å². The molecule has 0 aromatic heterocycles. The van der Waals surface area contributed by atoms with Crippen LogP contribution in [0, 0.1) is 0 Å². The summed E-state index contributed by atoms with van der Waals surface area (Å²) in [5.41, 5.74) is 0. The van der Waals surface area contributed by atoms with E-state index in [1.165, 1.54) is 24.3 Å². The van der Waals surface area contributed by atoms with Gasteiger partial charge in [-0.25, -0.2) is 8.42 Å². The molecule has 0 radical (unpaired) electrons. The van der Waals surface area contributed by atoms with E-state index in [1.807, 2.05) is 27.7 Å². The molecule has 0 aliphatic heterocycles. The highest BCUT2D eigenvalue weighted by atomic mass is 32.2. The summed E-state index contributed by atoms with van der Waals surface area (Å²) in [5.74, 6) is 0.990. The molecule has 2 atom stereocenters. The summed E-state index contributed by atoms with van der Waals surface area (Å²) in [5, 5.41) is 20.3. The fourth-order valence-corrected chi connectivity index (χ4v) is 4.88. The molecule has 2 aromatic carbocycles. The minimum Gasteiger partial charge on any atom is -0.491 e. The Balaban J connectivity index is 1.93. The minimum atomic E-state index is -3.70. The van der Waals surface area contributed by atoms with Crippen molar-refractivity contribution in [3.8, 4) is 11.5 Å². The van der Waals surface area contributed by atoms with E-state index in [4.69, 9.17) is 9.47 Å². The van der Waals surface area contributed by atoms with Crippen LogP contribution in [0.4, 0.5) is 0 Å². The maximum Gasteiger partial charge on any atom is 0.206 e. The fourth-order valence-electron chi connectivity index (χ4n) is 3.62. The number of likely N-dealkylation sites (N-methyl/N-ethyl adjacent to an activating group) is 2. The topological polar surface area (TPSA) is 99.5 Å². The molecule has 9 heteroatoms. The van der Waals surface area contributed by atoms with Gasteiger partial charge in [0.05, 0.1) is 9.79 Å². The van der Waals surface area contributed by atoms with Crippen LogP contribution >= 0.6 is 0 Å². The van der Waals surface area contributed by atoms with Crippen molar-refractivity contribution in [2.45, 2.75) is 49.7 Å². The van der Waals surface area contributed by atoms with Gasteiger partial charge in [0, 0.05) is 13.1 Å². The molecule has 0 heterocycles. The van der Waals surface area contributed by atoms with Crippen molar-refractivity contribution < 1.29 is 28.1 Å². The maximum absolute atomic E-state index is 13.0. The molecule has 0 fully saturated rings. The number of aliphatic hydroxyl groups excluding tert-OH is 2. The number of hydrogen-bond acceptors (Lipinski definition) is 8. The molecule has 196 valence electrons. The van der Waals surface area contributed by atoms with E-state index in [2.05, 4.69) is 9.80 Å². The molecule has 0 aliphatic carbocycles. The lowest BCUT2D eigenvalue weighted by Gasteiger charge is -2.22. The monoisotopic (exact) mass is 508 g/mol. The lowest BCUT2D eigenvalue weighted by atomic mass is 10.3. The molecule has 2 unspecified atom stereocenters. The molecule has 0 saturated heterocycles. The van der Waals surface area contributed by atoms with Crippen LogP contribution in [-0.2, 0) is 9.84 Å². The third-order valence-corrected chi connectivity index (χ3v) is 7.67. The Bertz CT molecular complexity index is 885. The summed E-state index contributed by atoms with van der Waals surface area (Å²) in [6.45, 7) is 12.9. The summed E-state index contributed by atoms with van der Waals surface area (Å²) in [7, 11) is -3.70. The summed E-state index contributed by atoms with van der Waals surface area (Å²) in [6.07, 6.45) is -1.25. The highest BCUT2D eigenvalue weighted by Gasteiger charge is 2.18.